The van der Waals surface area contributed by atoms with Crippen LogP contribution in [0.3, 0.4) is 0 Å². The molecule has 1 aliphatic heterocycles. The van der Waals surface area contributed by atoms with Crippen molar-refractivity contribution in [3.05, 3.63) is 77.9 Å². The zero-order valence-corrected chi connectivity index (χ0v) is 14.1. The van der Waals surface area contributed by atoms with Crippen molar-refractivity contribution in [3.63, 3.8) is 0 Å². The molecule has 1 amide bonds. The molecule has 6 heteroatoms. The predicted octanol–water partition coefficient (Wildman–Crippen LogP) is 2.61. The van der Waals surface area contributed by atoms with Crippen LogP contribution in [0.2, 0.25) is 0 Å². The molecule has 0 saturated heterocycles. The number of nitrogens with one attached hydrogen (secondary N) is 1. The van der Waals surface area contributed by atoms with Gasteiger partial charge in [0.05, 0.1) is 4.90 Å². The zero-order valence-electron chi connectivity index (χ0n) is 13.3. The fourth-order valence-corrected chi connectivity index (χ4v) is 3.94. The van der Waals surface area contributed by atoms with Gasteiger partial charge in [0.15, 0.2) is 0 Å². The van der Waals surface area contributed by atoms with Crippen LogP contribution in [-0.2, 0) is 10.0 Å². The molecule has 0 aliphatic carbocycles. The maximum absolute atomic E-state index is 12.7. The van der Waals surface area contributed by atoms with Crippen molar-refractivity contribution in [3.8, 4) is 0 Å². The number of hydrogen-bond donors (Lipinski definition) is 1. The molecular weight excluding hydrogens is 324 g/mol. The minimum Gasteiger partial charge on any atom is -0.314 e. The number of carbonyl (C=O) groups excluding carboxylic acids is 1. The van der Waals surface area contributed by atoms with Crippen molar-refractivity contribution in [1.82, 2.24) is 9.62 Å². The van der Waals surface area contributed by atoms with Crippen molar-refractivity contribution >= 4 is 15.9 Å². The number of fused-ring (bicyclic) bond motifs is 1. The Balaban J connectivity index is 1.99. The van der Waals surface area contributed by atoms with Crippen molar-refractivity contribution in [2.24, 2.45) is 0 Å². The number of rotatable bonds is 5. The number of benzene rings is 2. The lowest BCUT2D eigenvalue weighted by Gasteiger charge is -2.25. The Labute approximate surface area is 141 Å². The molecule has 0 spiro atoms. The summed E-state index contributed by atoms with van der Waals surface area (Å²) >= 11 is 0. The highest BCUT2D eigenvalue weighted by atomic mass is 32.2. The summed E-state index contributed by atoms with van der Waals surface area (Å²) in [6.07, 6.45) is 0.842. The van der Waals surface area contributed by atoms with Gasteiger partial charge in [0.1, 0.15) is 6.17 Å². The number of aryl methyl sites for hydroxylation is 1. The first kappa shape index (κ1) is 16.4. The summed E-state index contributed by atoms with van der Waals surface area (Å²) in [5.41, 5.74) is 2.14. The van der Waals surface area contributed by atoms with Crippen LogP contribution in [0.1, 0.15) is 27.7 Å². The van der Waals surface area contributed by atoms with Crippen molar-refractivity contribution < 1.29 is 13.2 Å². The average Bonchev–Trinajstić information content (AvgIpc) is 2.81. The Morgan fingerprint density at radius 1 is 1.17 bits per heavy atom. The highest BCUT2D eigenvalue weighted by molar-refractivity contribution is 7.89. The Hall–Kier alpha value is -2.44. The van der Waals surface area contributed by atoms with Crippen molar-refractivity contribution in [2.75, 3.05) is 6.54 Å². The standard InChI is InChI=1S/C18H18N2O3S/c1-3-12-20-17(15-6-4-5-7-16(15)18(20)21)19-24(22,23)14-10-8-13(2)9-11-14/h3-11,17,19H,1,12H2,2H3. The van der Waals surface area contributed by atoms with Gasteiger partial charge in [-0.1, -0.05) is 42.0 Å². The van der Waals surface area contributed by atoms with E-state index in [-0.39, 0.29) is 17.3 Å². The lowest BCUT2D eigenvalue weighted by molar-refractivity contribution is 0.0740. The van der Waals surface area contributed by atoms with E-state index in [2.05, 4.69) is 11.3 Å². The van der Waals surface area contributed by atoms with Gasteiger partial charge in [0.2, 0.25) is 10.0 Å². The molecule has 1 N–H and O–H groups in total. The Kier molecular flexibility index (Phi) is 4.26. The van der Waals surface area contributed by atoms with Crippen LogP contribution in [0.4, 0.5) is 0 Å². The van der Waals surface area contributed by atoms with Gasteiger partial charge in [-0.2, -0.15) is 4.72 Å². The van der Waals surface area contributed by atoms with Crippen LogP contribution >= 0.6 is 0 Å². The number of amides is 1. The minimum atomic E-state index is -3.76. The van der Waals surface area contributed by atoms with E-state index in [1.165, 1.54) is 4.90 Å². The molecule has 0 saturated carbocycles. The molecule has 5 nitrogen and oxygen atoms in total. The molecule has 124 valence electrons. The second-order valence-electron chi connectivity index (χ2n) is 5.67. The van der Waals surface area contributed by atoms with Crippen LogP contribution in [0.25, 0.3) is 0 Å². The number of nitrogens with zero attached hydrogens (tertiary/aromatic N) is 1. The van der Waals surface area contributed by atoms with Crippen molar-refractivity contribution in [1.29, 1.82) is 0 Å². The minimum absolute atomic E-state index is 0.170. The Bertz CT molecular complexity index is 889. The van der Waals surface area contributed by atoms with Gasteiger partial charge in [0, 0.05) is 17.7 Å². The van der Waals surface area contributed by atoms with E-state index in [1.807, 2.05) is 6.92 Å². The summed E-state index contributed by atoms with van der Waals surface area (Å²) in [5, 5.41) is 0. The smallest absolute Gasteiger partial charge is 0.256 e. The fraction of sp³-hybridized carbons (Fsp3) is 0.167. The van der Waals surface area contributed by atoms with Crippen LogP contribution in [0.15, 0.2) is 66.1 Å². The lowest BCUT2D eigenvalue weighted by Crippen LogP contribution is -2.39. The summed E-state index contributed by atoms with van der Waals surface area (Å²) in [4.78, 5) is 14.1. The summed E-state index contributed by atoms with van der Waals surface area (Å²) in [7, 11) is -3.76. The second-order valence-corrected chi connectivity index (χ2v) is 7.38. The van der Waals surface area contributed by atoms with Crippen LogP contribution in [0.5, 0.6) is 0 Å². The SMILES string of the molecule is C=CCN1C(=O)c2ccccc2C1NS(=O)(=O)c1ccc(C)cc1. The Morgan fingerprint density at radius 3 is 2.50 bits per heavy atom. The first-order valence-electron chi connectivity index (χ1n) is 7.54. The highest BCUT2D eigenvalue weighted by Crippen LogP contribution is 2.32. The molecule has 0 bridgehead atoms. The fourth-order valence-electron chi connectivity index (χ4n) is 2.76. The molecule has 2 aromatic rings. The number of sulfonamides is 1. The normalized spacial score (nSPS) is 17.0. The molecule has 1 aliphatic rings. The van der Waals surface area contributed by atoms with E-state index in [0.29, 0.717) is 11.1 Å². The van der Waals surface area contributed by atoms with E-state index < -0.39 is 16.2 Å². The van der Waals surface area contributed by atoms with E-state index in [0.717, 1.165) is 5.56 Å². The topological polar surface area (TPSA) is 66.5 Å². The quantitative estimate of drug-likeness (QED) is 0.850. The first-order chi connectivity index (χ1) is 11.4. The van der Waals surface area contributed by atoms with Gasteiger partial charge in [0.25, 0.3) is 5.91 Å². The van der Waals surface area contributed by atoms with Crippen LogP contribution in [-0.4, -0.2) is 25.8 Å². The maximum Gasteiger partial charge on any atom is 0.256 e. The summed E-state index contributed by atoms with van der Waals surface area (Å²) in [6.45, 7) is 5.80. The molecule has 1 heterocycles. The molecule has 0 aromatic heterocycles. The molecule has 2 aromatic carbocycles. The summed E-state index contributed by atoms with van der Waals surface area (Å²) < 4.78 is 28.0. The predicted molar refractivity (Wildman–Crippen MR) is 91.9 cm³/mol. The third-order valence-electron chi connectivity index (χ3n) is 3.98. The molecule has 3 rings (SSSR count). The van der Waals surface area contributed by atoms with E-state index in [9.17, 15) is 13.2 Å². The van der Waals surface area contributed by atoms with Gasteiger partial charge in [-0.25, -0.2) is 8.42 Å². The van der Waals surface area contributed by atoms with E-state index >= 15 is 0 Å². The molecule has 1 atom stereocenters. The van der Waals surface area contributed by atoms with Gasteiger partial charge >= 0.3 is 0 Å². The summed E-state index contributed by atoms with van der Waals surface area (Å²) in [5.74, 6) is -0.206. The van der Waals surface area contributed by atoms with Crippen LogP contribution < -0.4 is 4.72 Å². The zero-order chi connectivity index (χ0) is 17.3. The third kappa shape index (κ3) is 2.86. The van der Waals surface area contributed by atoms with Gasteiger partial charge in [-0.05, 0) is 25.1 Å². The summed E-state index contributed by atoms with van der Waals surface area (Å²) in [6, 6.07) is 13.6. The maximum atomic E-state index is 12.7. The van der Waals surface area contributed by atoms with Crippen LogP contribution in [0, 0.1) is 6.92 Å². The Morgan fingerprint density at radius 2 is 1.83 bits per heavy atom. The monoisotopic (exact) mass is 342 g/mol. The first-order valence-corrected chi connectivity index (χ1v) is 9.02. The average molecular weight is 342 g/mol. The molecular formula is C18H18N2O3S. The van der Waals surface area contributed by atoms with Crippen molar-refractivity contribution in [2.45, 2.75) is 18.0 Å². The van der Waals surface area contributed by atoms with E-state index in [1.54, 1.807) is 54.6 Å². The molecule has 1 unspecified atom stereocenters. The number of hydrogen-bond acceptors (Lipinski definition) is 3. The van der Waals surface area contributed by atoms with Gasteiger partial charge < -0.3 is 4.90 Å². The van der Waals surface area contributed by atoms with Gasteiger partial charge in [-0.3, -0.25) is 4.79 Å². The molecule has 24 heavy (non-hydrogen) atoms. The molecule has 0 fully saturated rings. The third-order valence-corrected chi connectivity index (χ3v) is 5.41. The number of carbonyl (C=O) groups is 1. The lowest BCUT2D eigenvalue weighted by atomic mass is 10.1. The van der Waals surface area contributed by atoms with Gasteiger partial charge in [-0.15, -0.1) is 6.58 Å². The molecule has 0 radical (unpaired) electrons. The second kappa shape index (κ2) is 6.22. The van der Waals surface area contributed by atoms with E-state index in [4.69, 9.17) is 0 Å². The highest BCUT2D eigenvalue weighted by Gasteiger charge is 2.38. The largest absolute Gasteiger partial charge is 0.314 e.